The maximum Gasteiger partial charge on any atom is 0.141 e. The summed E-state index contributed by atoms with van der Waals surface area (Å²) in [5, 5.41) is 2.22. The van der Waals surface area contributed by atoms with E-state index in [1.165, 1.54) is 24.8 Å². The van der Waals surface area contributed by atoms with Gasteiger partial charge < -0.3 is 22.5 Å². The van der Waals surface area contributed by atoms with Crippen molar-refractivity contribution in [1.82, 2.24) is 0 Å². The minimum atomic E-state index is 0. The topological polar surface area (TPSA) is 42.9 Å². The third kappa shape index (κ3) is 6.06. The molecule has 0 saturated heterocycles. The van der Waals surface area contributed by atoms with E-state index in [1.54, 1.807) is 7.11 Å². The molecule has 21 heavy (non-hydrogen) atoms. The Kier molecular flexibility index (Phi) is 8.40. The Balaban J connectivity index is 0.00000220. The summed E-state index contributed by atoms with van der Waals surface area (Å²) in [5.74, 6) is 1.73. The second kappa shape index (κ2) is 9.80. The Morgan fingerprint density at radius 1 is 1.19 bits per heavy atom. The van der Waals surface area contributed by atoms with Gasteiger partial charge in [0.15, 0.2) is 0 Å². The van der Waals surface area contributed by atoms with E-state index in [2.05, 4.69) is 17.4 Å². The molecule has 0 unspecified atom stereocenters. The smallest absolute Gasteiger partial charge is 0.141 e. The molecule has 1 saturated carbocycles. The molecular weight excluding hydrogens is 286 g/mol. The molecule has 1 aromatic carbocycles. The van der Waals surface area contributed by atoms with Gasteiger partial charge in [-0.15, -0.1) is 0 Å². The number of Topliss-reactive ketones (excluding diaryl/α,β-unsaturated/α-hetero) is 1. The van der Waals surface area contributed by atoms with Crippen LogP contribution in [0.4, 0.5) is 0 Å². The van der Waals surface area contributed by atoms with Crippen LogP contribution in [0, 0.1) is 5.92 Å². The molecule has 2 rings (SSSR count). The average molecular weight is 312 g/mol. The van der Waals surface area contributed by atoms with Gasteiger partial charge in [-0.2, -0.15) is 0 Å². The molecule has 2 N–H and O–H groups in total. The van der Waals surface area contributed by atoms with Crippen molar-refractivity contribution in [2.24, 2.45) is 5.92 Å². The zero-order chi connectivity index (χ0) is 14.2. The van der Waals surface area contributed by atoms with E-state index in [0.29, 0.717) is 11.7 Å². The zero-order valence-electron chi connectivity index (χ0n) is 12.8. The van der Waals surface area contributed by atoms with Crippen LogP contribution in [-0.2, 0) is 11.3 Å². The summed E-state index contributed by atoms with van der Waals surface area (Å²) >= 11 is 0. The van der Waals surface area contributed by atoms with Crippen molar-refractivity contribution in [3.05, 3.63) is 29.8 Å². The number of hydrogen-bond acceptors (Lipinski definition) is 2. The summed E-state index contributed by atoms with van der Waals surface area (Å²) < 4.78 is 5.14. The second-order valence-electron chi connectivity index (χ2n) is 5.68. The van der Waals surface area contributed by atoms with Crippen molar-refractivity contribution in [2.45, 2.75) is 45.1 Å². The van der Waals surface area contributed by atoms with E-state index in [9.17, 15) is 4.79 Å². The molecule has 1 aliphatic rings. The summed E-state index contributed by atoms with van der Waals surface area (Å²) in [5.41, 5.74) is 1.27. The monoisotopic (exact) mass is 311 g/mol. The highest BCUT2D eigenvalue weighted by molar-refractivity contribution is 5.81. The third-order valence-corrected chi connectivity index (χ3v) is 4.19. The van der Waals surface area contributed by atoms with E-state index in [0.717, 1.165) is 38.1 Å². The predicted molar refractivity (Wildman–Crippen MR) is 79.7 cm³/mol. The van der Waals surface area contributed by atoms with Crippen molar-refractivity contribution in [3.8, 4) is 5.75 Å². The van der Waals surface area contributed by atoms with Crippen LogP contribution in [0.5, 0.6) is 5.75 Å². The molecule has 0 radical (unpaired) electrons. The van der Waals surface area contributed by atoms with E-state index in [-0.39, 0.29) is 12.4 Å². The van der Waals surface area contributed by atoms with Gasteiger partial charge in [0.1, 0.15) is 18.1 Å². The summed E-state index contributed by atoms with van der Waals surface area (Å²) in [6.07, 6.45) is 6.76. The van der Waals surface area contributed by atoms with Crippen LogP contribution in [0.25, 0.3) is 0 Å². The van der Waals surface area contributed by atoms with Crippen molar-refractivity contribution < 1.29 is 27.3 Å². The van der Waals surface area contributed by atoms with Gasteiger partial charge in [-0.25, -0.2) is 0 Å². The van der Waals surface area contributed by atoms with Gasteiger partial charge in [0.2, 0.25) is 0 Å². The maximum atomic E-state index is 12.1. The van der Waals surface area contributed by atoms with Crippen molar-refractivity contribution in [3.63, 3.8) is 0 Å². The molecule has 1 fully saturated rings. The highest BCUT2D eigenvalue weighted by atomic mass is 35.5. The van der Waals surface area contributed by atoms with Gasteiger partial charge in [0, 0.05) is 11.5 Å². The summed E-state index contributed by atoms with van der Waals surface area (Å²) in [6.45, 7) is 1.84. The fraction of sp³-hybridized carbons (Fsp3) is 0.588. The molecule has 3 nitrogen and oxygen atoms in total. The van der Waals surface area contributed by atoms with Crippen LogP contribution in [0.2, 0.25) is 0 Å². The summed E-state index contributed by atoms with van der Waals surface area (Å²) in [4.78, 5) is 12.1. The number of ketones is 1. The quantitative estimate of drug-likeness (QED) is 0.677. The van der Waals surface area contributed by atoms with Crippen LogP contribution in [0.15, 0.2) is 24.3 Å². The van der Waals surface area contributed by atoms with Gasteiger partial charge in [-0.1, -0.05) is 19.3 Å². The van der Waals surface area contributed by atoms with Gasteiger partial charge in [-0.3, -0.25) is 4.79 Å². The largest absolute Gasteiger partial charge is 1.00 e. The molecule has 0 aromatic heterocycles. The number of rotatable bonds is 7. The van der Waals surface area contributed by atoms with Crippen molar-refractivity contribution in [2.75, 3.05) is 13.7 Å². The lowest BCUT2D eigenvalue weighted by atomic mass is 9.85. The average Bonchev–Trinajstić information content (AvgIpc) is 2.53. The first-order chi connectivity index (χ1) is 9.79. The van der Waals surface area contributed by atoms with Crippen molar-refractivity contribution >= 4 is 5.78 Å². The lowest BCUT2D eigenvalue weighted by molar-refractivity contribution is -0.669. The molecule has 1 aromatic rings. The third-order valence-electron chi connectivity index (χ3n) is 4.19. The molecule has 0 atom stereocenters. The summed E-state index contributed by atoms with van der Waals surface area (Å²) in [7, 11) is 1.68. The number of benzene rings is 1. The van der Waals surface area contributed by atoms with E-state index in [1.807, 2.05) is 12.1 Å². The van der Waals surface area contributed by atoms with Crippen molar-refractivity contribution in [1.29, 1.82) is 0 Å². The van der Waals surface area contributed by atoms with Crippen LogP contribution in [0.1, 0.15) is 44.1 Å². The Bertz CT molecular complexity index is 413. The lowest BCUT2D eigenvalue weighted by Crippen LogP contribution is -3.00. The molecule has 1 aliphatic carbocycles. The number of hydrogen-bond donors (Lipinski definition) is 1. The highest BCUT2D eigenvalue weighted by Gasteiger charge is 2.20. The Labute approximate surface area is 133 Å². The molecule has 0 aliphatic heterocycles. The lowest BCUT2D eigenvalue weighted by Gasteiger charge is -2.19. The number of halogens is 1. The van der Waals surface area contributed by atoms with Crippen LogP contribution in [0.3, 0.4) is 0 Å². The Morgan fingerprint density at radius 3 is 2.48 bits per heavy atom. The molecule has 0 heterocycles. The van der Waals surface area contributed by atoms with Gasteiger partial charge in [-0.05, 0) is 37.1 Å². The van der Waals surface area contributed by atoms with E-state index < -0.39 is 0 Å². The standard InChI is InChI=1S/C17H25NO2.ClH/c1-20-16-9-7-14(8-10-16)13-18-12-11-17(19)15-5-3-2-4-6-15;/h7-10,15,18H,2-6,11-13H2,1H3;1H. The molecular formula is C17H26ClNO2. The maximum absolute atomic E-state index is 12.1. The van der Waals surface area contributed by atoms with Crippen LogP contribution >= 0.6 is 0 Å². The fourth-order valence-electron chi connectivity index (χ4n) is 2.90. The second-order valence-corrected chi connectivity index (χ2v) is 5.68. The van der Waals surface area contributed by atoms with Gasteiger partial charge >= 0.3 is 0 Å². The number of quaternary nitrogens is 1. The fourth-order valence-corrected chi connectivity index (χ4v) is 2.90. The zero-order valence-corrected chi connectivity index (χ0v) is 13.6. The predicted octanol–water partition coefficient (Wildman–Crippen LogP) is -0.698. The first kappa shape index (κ1) is 18.0. The number of nitrogens with two attached hydrogens (primary N) is 1. The number of ether oxygens (including phenoxy) is 1. The minimum absolute atomic E-state index is 0. The van der Waals surface area contributed by atoms with E-state index in [4.69, 9.17) is 4.74 Å². The first-order valence-corrected chi connectivity index (χ1v) is 7.77. The molecule has 0 spiro atoms. The molecule has 118 valence electrons. The normalized spacial score (nSPS) is 15.3. The SMILES string of the molecule is COc1ccc(C[NH2+]CCC(=O)C2CCCCC2)cc1.[Cl-]. The Hall–Kier alpha value is -1.06. The Morgan fingerprint density at radius 2 is 1.86 bits per heavy atom. The van der Waals surface area contributed by atoms with Gasteiger partial charge in [0.25, 0.3) is 0 Å². The number of carbonyl (C=O) groups is 1. The molecule has 4 heteroatoms. The van der Waals surface area contributed by atoms with E-state index >= 15 is 0 Å². The van der Waals surface area contributed by atoms with Crippen LogP contribution < -0.4 is 22.5 Å². The minimum Gasteiger partial charge on any atom is -1.00 e. The highest BCUT2D eigenvalue weighted by Crippen LogP contribution is 2.24. The molecule has 0 bridgehead atoms. The van der Waals surface area contributed by atoms with Gasteiger partial charge in [0.05, 0.1) is 20.1 Å². The first-order valence-electron chi connectivity index (χ1n) is 7.77. The molecule has 0 amide bonds. The van der Waals surface area contributed by atoms with Crippen LogP contribution in [-0.4, -0.2) is 19.4 Å². The summed E-state index contributed by atoms with van der Waals surface area (Å²) in [6, 6.07) is 8.13. The number of methoxy groups -OCH3 is 1. The number of carbonyl (C=O) groups excluding carboxylic acids is 1.